The molecule has 0 saturated carbocycles. The summed E-state index contributed by atoms with van der Waals surface area (Å²) in [5.41, 5.74) is 1.18. The van der Waals surface area contributed by atoms with Gasteiger partial charge in [-0.15, -0.1) is 0 Å². The fourth-order valence-electron chi connectivity index (χ4n) is 2.57. The van der Waals surface area contributed by atoms with E-state index in [0.717, 1.165) is 25.4 Å². The van der Waals surface area contributed by atoms with Crippen LogP contribution in [-0.4, -0.2) is 42.1 Å². The second-order valence-corrected chi connectivity index (χ2v) is 5.52. The minimum absolute atomic E-state index is 0.698. The van der Waals surface area contributed by atoms with E-state index in [1.807, 2.05) is 12.3 Å². The Labute approximate surface area is 111 Å². The molecule has 1 aromatic rings. The van der Waals surface area contributed by atoms with E-state index in [2.05, 4.69) is 41.2 Å². The number of aromatic nitrogens is 1. The third-order valence-electron chi connectivity index (χ3n) is 3.76. The summed E-state index contributed by atoms with van der Waals surface area (Å²) < 4.78 is 0. The second-order valence-electron chi connectivity index (χ2n) is 5.52. The number of hydrogen-bond donors (Lipinski definition) is 1. The molecule has 0 spiro atoms. The lowest BCUT2D eigenvalue weighted by atomic mass is 10.1. The number of nitrogens with one attached hydrogen (secondary N) is 1. The molecule has 0 bridgehead atoms. The topological polar surface area (TPSA) is 28.2 Å². The van der Waals surface area contributed by atoms with Crippen molar-refractivity contribution in [3.05, 3.63) is 30.1 Å². The van der Waals surface area contributed by atoms with Gasteiger partial charge in [0, 0.05) is 37.4 Å². The summed E-state index contributed by atoms with van der Waals surface area (Å²) >= 11 is 0. The molecule has 1 aliphatic heterocycles. The quantitative estimate of drug-likeness (QED) is 0.779. The summed E-state index contributed by atoms with van der Waals surface area (Å²) in [6.07, 6.45) is 4.24. The minimum Gasteiger partial charge on any atom is -0.316 e. The molecule has 3 heteroatoms. The molecule has 2 rings (SSSR count). The molecule has 0 amide bonds. The lowest BCUT2D eigenvalue weighted by Gasteiger charge is -2.20. The van der Waals surface area contributed by atoms with E-state index in [1.165, 1.54) is 25.2 Å². The van der Waals surface area contributed by atoms with Gasteiger partial charge >= 0.3 is 0 Å². The molecular weight excluding hydrogens is 222 g/mol. The van der Waals surface area contributed by atoms with Gasteiger partial charge in [0.2, 0.25) is 0 Å². The number of hydrogen-bond acceptors (Lipinski definition) is 3. The van der Waals surface area contributed by atoms with Crippen LogP contribution in [-0.2, 0) is 6.42 Å². The van der Waals surface area contributed by atoms with Gasteiger partial charge in [-0.3, -0.25) is 4.98 Å². The van der Waals surface area contributed by atoms with E-state index in [4.69, 9.17) is 0 Å². The van der Waals surface area contributed by atoms with Crippen molar-refractivity contribution in [1.82, 2.24) is 15.2 Å². The summed E-state index contributed by atoms with van der Waals surface area (Å²) in [7, 11) is 0. The van der Waals surface area contributed by atoms with Crippen molar-refractivity contribution in [2.24, 2.45) is 5.92 Å². The molecular formula is C15H25N3. The second kappa shape index (κ2) is 6.86. The molecule has 3 nitrogen and oxygen atoms in total. The third kappa shape index (κ3) is 4.07. The predicted octanol–water partition coefficient (Wildman–Crippen LogP) is 1.94. The van der Waals surface area contributed by atoms with Gasteiger partial charge in [-0.2, -0.15) is 0 Å². The smallest absolute Gasteiger partial charge is 0.0416 e. The van der Waals surface area contributed by atoms with Gasteiger partial charge < -0.3 is 10.2 Å². The molecule has 1 aromatic heterocycles. The largest absolute Gasteiger partial charge is 0.316 e. The molecule has 1 unspecified atom stereocenters. The van der Waals surface area contributed by atoms with E-state index in [0.29, 0.717) is 6.04 Å². The van der Waals surface area contributed by atoms with Crippen molar-refractivity contribution in [3.8, 4) is 0 Å². The van der Waals surface area contributed by atoms with E-state index >= 15 is 0 Å². The molecule has 1 N–H and O–H groups in total. The molecule has 0 aliphatic carbocycles. The van der Waals surface area contributed by atoms with Crippen LogP contribution >= 0.6 is 0 Å². The Morgan fingerprint density at radius 3 is 3.00 bits per heavy atom. The summed E-state index contributed by atoms with van der Waals surface area (Å²) in [5, 5.41) is 3.57. The van der Waals surface area contributed by atoms with Crippen LogP contribution < -0.4 is 5.32 Å². The van der Waals surface area contributed by atoms with Crippen LogP contribution in [0.25, 0.3) is 0 Å². The van der Waals surface area contributed by atoms with Crippen LogP contribution in [0.5, 0.6) is 0 Å². The first-order chi connectivity index (χ1) is 8.75. The Bertz CT molecular complexity index is 337. The zero-order chi connectivity index (χ0) is 12.8. The van der Waals surface area contributed by atoms with Crippen LogP contribution in [0.15, 0.2) is 24.4 Å². The fourth-order valence-corrected chi connectivity index (χ4v) is 2.57. The molecule has 1 atom stereocenters. The van der Waals surface area contributed by atoms with Crippen molar-refractivity contribution < 1.29 is 0 Å². The van der Waals surface area contributed by atoms with E-state index in [1.54, 1.807) is 0 Å². The Morgan fingerprint density at radius 2 is 2.33 bits per heavy atom. The van der Waals surface area contributed by atoms with Crippen LogP contribution in [0.2, 0.25) is 0 Å². The number of rotatable bonds is 6. The molecule has 2 heterocycles. The average molecular weight is 247 g/mol. The first-order valence-corrected chi connectivity index (χ1v) is 7.10. The summed E-state index contributed by atoms with van der Waals surface area (Å²) in [4.78, 5) is 6.91. The van der Waals surface area contributed by atoms with Gasteiger partial charge in [-0.1, -0.05) is 6.07 Å². The zero-order valence-electron chi connectivity index (χ0n) is 11.6. The minimum atomic E-state index is 0.698. The van der Waals surface area contributed by atoms with Crippen molar-refractivity contribution in [2.75, 3.05) is 26.2 Å². The van der Waals surface area contributed by atoms with Gasteiger partial charge in [-0.05, 0) is 51.4 Å². The highest BCUT2D eigenvalue weighted by Crippen LogP contribution is 2.17. The van der Waals surface area contributed by atoms with Crippen molar-refractivity contribution >= 4 is 0 Å². The number of likely N-dealkylation sites (tertiary alicyclic amines) is 1. The van der Waals surface area contributed by atoms with Crippen LogP contribution in [0.3, 0.4) is 0 Å². The lowest BCUT2D eigenvalue weighted by molar-refractivity contribution is 0.264. The number of pyridine rings is 1. The fraction of sp³-hybridized carbons (Fsp3) is 0.667. The van der Waals surface area contributed by atoms with Gasteiger partial charge in [0.15, 0.2) is 0 Å². The molecule has 18 heavy (non-hydrogen) atoms. The van der Waals surface area contributed by atoms with Crippen LogP contribution in [0, 0.1) is 5.92 Å². The molecule has 1 fully saturated rings. The monoisotopic (exact) mass is 247 g/mol. The van der Waals surface area contributed by atoms with Gasteiger partial charge in [-0.25, -0.2) is 0 Å². The average Bonchev–Trinajstić information content (AvgIpc) is 2.85. The Hall–Kier alpha value is -0.930. The highest BCUT2D eigenvalue weighted by Gasteiger charge is 2.23. The number of nitrogens with zero attached hydrogens (tertiary/aromatic N) is 2. The van der Waals surface area contributed by atoms with E-state index in [9.17, 15) is 0 Å². The molecule has 1 aliphatic rings. The van der Waals surface area contributed by atoms with Crippen molar-refractivity contribution in [1.29, 1.82) is 0 Å². The standard InChI is InChI=1S/C15H25N3/c1-13(2)18-10-7-14(12-18)11-16-9-6-15-5-3-4-8-17-15/h3-5,8,13-14,16H,6-7,9-12H2,1-2H3. The predicted molar refractivity (Wildman–Crippen MR) is 75.6 cm³/mol. The molecule has 0 aromatic carbocycles. The summed E-state index contributed by atoms with van der Waals surface area (Å²) in [6, 6.07) is 6.82. The van der Waals surface area contributed by atoms with Crippen molar-refractivity contribution in [3.63, 3.8) is 0 Å². The van der Waals surface area contributed by atoms with Gasteiger partial charge in [0.1, 0.15) is 0 Å². The molecule has 100 valence electrons. The SMILES string of the molecule is CC(C)N1CCC(CNCCc2ccccn2)C1. The van der Waals surface area contributed by atoms with Gasteiger partial charge in [0.25, 0.3) is 0 Å². The van der Waals surface area contributed by atoms with Crippen molar-refractivity contribution in [2.45, 2.75) is 32.7 Å². The molecule has 1 saturated heterocycles. The van der Waals surface area contributed by atoms with Crippen LogP contribution in [0.4, 0.5) is 0 Å². The zero-order valence-corrected chi connectivity index (χ0v) is 11.6. The molecule has 0 radical (unpaired) electrons. The van der Waals surface area contributed by atoms with Gasteiger partial charge in [0.05, 0.1) is 0 Å². The maximum absolute atomic E-state index is 4.34. The summed E-state index contributed by atoms with van der Waals surface area (Å²) in [5.74, 6) is 0.830. The third-order valence-corrected chi connectivity index (χ3v) is 3.76. The normalized spacial score (nSPS) is 20.7. The highest BCUT2D eigenvalue weighted by atomic mass is 15.2. The maximum Gasteiger partial charge on any atom is 0.0416 e. The lowest BCUT2D eigenvalue weighted by Crippen LogP contribution is -2.31. The Kier molecular flexibility index (Phi) is 5.14. The maximum atomic E-state index is 4.34. The highest BCUT2D eigenvalue weighted by molar-refractivity contribution is 5.03. The van der Waals surface area contributed by atoms with E-state index in [-0.39, 0.29) is 0 Å². The Morgan fingerprint density at radius 1 is 1.44 bits per heavy atom. The Balaban J connectivity index is 1.59. The van der Waals surface area contributed by atoms with E-state index < -0.39 is 0 Å². The van der Waals surface area contributed by atoms with Crippen LogP contribution in [0.1, 0.15) is 26.0 Å². The first kappa shape index (κ1) is 13.5. The summed E-state index contributed by atoms with van der Waals surface area (Å²) in [6.45, 7) is 9.29. The first-order valence-electron chi connectivity index (χ1n) is 7.10.